The third kappa shape index (κ3) is 5.24. The summed E-state index contributed by atoms with van der Waals surface area (Å²) < 4.78 is 32.4. The Morgan fingerprint density at radius 2 is 1.47 bits per heavy atom. The lowest BCUT2D eigenvalue weighted by molar-refractivity contribution is 0.578. The van der Waals surface area contributed by atoms with Crippen molar-refractivity contribution in [2.75, 3.05) is 0 Å². The van der Waals surface area contributed by atoms with Gasteiger partial charge in [-0.15, -0.1) is 0 Å². The number of hydrogen-bond donors (Lipinski definition) is 1. The number of hydrogen-bond acceptors (Lipinski definition) is 1. The van der Waals surface area contributed by atoms with Gasteiger partial charge >= 0.3 is 0 Å². The fourth-order valence-corrected chi connectivity index (χ4v) is 3.40. The Bertz CT molecular complexity index is 468. The quantitative estimate of drug-likeness (QED) is 0.510. The van der Waals surface area contributed by atoms with Crippen molar-refractivity contribution < 1.29 is 8.78 Å². The molecule has 0 bridgehead atoms. The number of benzene rings is 1. The molecule has 19 heavy (non-hydrogen) atoms. The summed E-state index contributed by atoms with van der Waals surface area (Å²) in [4.78, 5) is 3.25. The second-order valence-electron chi connectivity index (χ2n) is 6.60. The first-order chi connectivity index (χ1) is 8.49. The molecule has 0 spiro atoms. The fraction of sp³-hybridized carbons (Fsp3) is 0.462. The predicted molar refractivity (Wildman–Crippen MR) is 82.7 cm³/mol. The van der Waals surface area contributed by atoms with Crippen LogP contribution in [0.2, 0.25) is 39.3 Å². The molecule has 0 aliphatic rings. The molecule has 0 saturated carbocycles. The van der Waals surface area contributed by atoms with Crippen molar-refractivity contribution in [2.24, 2.45) is 4.66 Å². The third-order valence-electron chi connectivity index (χ3n) is 2.14. The van der Waals surface area contributed by atoms with Crippen LogP contribution >= 0.6 is 0 Å². The summed E-state index contributed by atoms with van der Waals surface area (Å²) in [5.41, 5.74) is -0.0349. The van der Waals surface area contributed by atoms with E-state index in [0.29, 0.717) is 5.84 Å². The Labute approximate surface area is 116 Å². The molecule has 1 rings (SSSR count). The van der Waals surface area contributed by atoms with Crippen molar-refractivity contribution in [3.8, 4) is 0 Å². The number of halogens is 2. The lowest BCUT2D eigenvalue weighted by Crippen LogP contribution is -2.47. The maximum Gasteiger partial charge on any atom is 0.175 e. The van der Waals surface area contributed by atoms with Gasteiger partial charge in [0.1, 0.15) is 25.7 Å². The molecule has 0 aliphatic heterocycles. The summed E-state index contributed by atoms with van der Waals surface area (Å²) in [7, 11) is -3.57. The molecular formula is C13H22F2N2Si2. The van der Waals surface area contributed by atoms with Crippen LogP contribution in [0, 0.1) is 11.6 Å². The van der Waals surface area contributed by atoms with Crippen LogP contribution in [0.25, 0.3) is 0 Å². The van der Waals surface area contributed by atoms with Crippen LogP contribution < -0.4 is 4.98 Å². The van der Waals surface area contributed by atoms with Crippen LogP contribution in [0.4, 0.5) is 8.78 Å². The van der Waals surface area contributed by atoms with Crippen LogP contribution in [0.5, 0.6) is 0 Å². The predicted octanol–water partition coefficient (Wildman–Crippen LogP) is 3.97. The van der Waals surface area contributed by atoms with Crippen LogP contribution in [-0.2, 0) is 0 Å². The first kappa shape index (κ1) is 16.0. The van der Waals surface area contributed by atoms with Gasteiger partial charge in [0.05, 0.1) is 5.56 Å². The number of nitrogens with one attached hydrogen (secondary N) is 1. The van der Waals surface area contributed by atoms with E-state index in [0.717, 1.165) is 0 Å². The standard InChI is InChI=1S/C13H22F2N2Si2/c1-18(2,3)16-13(17-19(4,5)6)12-10(14)8-7-9-11(12)15/h7-9H,1-6H3,(H,16,17). The van der Waals surface area contributed by atoms with Gasteiger partial charge in [-0.25, -0.2) is 8.78 Å². The van der Waals surface area contributed by atoms with E-state index in [9.17, 15) is 8.78 Å². The van der Waals surface area contributed by atoms with E-state index in [4.69, 9.17) is 0 Å². The fourth-order valence-electron chi connectivity index (χ4n) is 1.56. The minimum Gasteiger partial charge on any atom is -0.396 e. The third-order valence-corrected chi connectivity index (χ3v) is 4.02. The zero-order chi connectivity index (χ0) is 14.8. The number of nitrogens with zero attached hydrogens (tertiary/aromatic N) is 1. The van der Waals surface area contributed by atoms with Gasteiger partial charge in [0.2, 0.25) is 0 Å². The first-order valence-electron chi connectivity index (χ1n) is 6.32. The number of amidine groups is 1. The zero-order valence-corrected chi connectivity index (χ0v) is 14.4. The Morgan fingerprint density at radius 3 is 1.84 bits per heavy atom. The van der Waals surface area contributed by atoms with Crippen LogP contribution in [0.15, 0.2) is 22.9 Å². The Hall–Kier alpha value is -1.02. The largest absolute Gasteiger partial charge is 0.396 e. The minimum atomic E-state index is -1.83. The van der Waals surface area contributed by atoms with Gasteiger partial charge < -0.3 is 9.64 Å². The molecule has 1 N–H and O–H groups in total. The molecular weight excluding hydrogens is 278 g/mol. The Kier molecular flexibility index (Phi) is 4.68. The average molecular weight is 301 g/mol. The molecule has 0 saturated heterocycles. The molecule has 6 heteroatoms. The van der Waals surface area contributed by atoms with Crippen molar-refractivity contribution >= 4 is 22.3 Å². The van der Waals surface area contributed by atoms with Crippen molar-refractivity contribution in [1.29, 1.82) is 0 Å². The van der Waals surface area contributed by atoms with Gasteiger partial charge in [-0.05, 0) is 31.8 Å². The molecule has 0 fully saturated rings. The van der Waals surface area contributed by atoms with E-state index < -0.39 is 28.1 Å². The molecule has 0 aliphatic carbocycles. The van der Waals surface area contributed by atoms with Gasteiger partial charge in [0, 0.05) is 0 Å². The van der Waals surface area contributed by atoms with Crippen LogP contribution in [0.3, 0.4) is 0 Å². The first-order valence-corrected chi connectivity index (χ1v) is 13.3. The topological polar surface area (TPSA) is 24.4 Å². The molecule has 1 aromatic carbocycles. The summed E-state index contributed by atoms with van der Waals surface area (Å²) in [6.45, 7) is 12.3. The Morgan fingerprint density at radius 1 is 1.00 bits per heavy atom. The van der Waals surface area contributed by atoms with E-state index in [1.807, 2.05) is 19.6 Å². The van der Waals surface area contributed by atoms with Gasteiger partial charge in [-0.3, -0.25) is 0 Å². The van der Waals surface area contributed by atoms with E-state index in [2.05, 4.69) is 29.3 Å². The highest BCUT2D eigenvalue weighted by Crippen LogP contribution is 2.16. The van der Waals surface area contributed by atoms with Gasteiger partial charge in [0.15, 0.2) is 8.24 Å². The molecule has 0 heterocycles. The highest BCUT2D eigenvalue weighted by Gasteiger charge is 2.24. The molecule has 2 nitrogen and oxygen atoms in total. The molecule has 0 amide bonds. The lowest BCUT2D eigenvalue weighted by atomic mass is 10.2. The van der Waals surface area contributed by atoms with Crippen molar-refractivity contribution in [3.05, 3.63) is 35.4 Å². The SMILES string of the molecule is C[Si](C)(C)/N=C(/N[Si](C)(C)C)c1c(F)cccc1F. The zero-order valence-electron chi connectivity index (χ0n) is 12.4. The smallest absolute Gasteiger partial charge is 0.175 e. The highest BCUT2D eigenvalue weighted by atomic mass is 28.3. The second-order valence-corrected chi connectivity index (χ2v) is 15.9. The Balaban J connectivity index is 3.36. The monoisotopic (exact) mass is 300 g/mol. The summed E-state index contributed by atoms with van der Waals surface area (Å²) in [6.07, 6.45) is 0. The lowest BCUT2D eigenvalue weighted by Gasteiger charge is -2.24. The van der Waals surface area contributed by atoms with Crippen molar-refractivity contribution in [2.45, 2.75) is 39.3 Å². The van der Waals surface area contributed by atoms with Gasteiger partial charge in [-0.1, -0.05) is 25.7 Å². The van der Waals surface area contributed by atoms with Crippen LogP contribution in [0.1, 0.15) is 5.56 Å². The molecule has 0 radical (unpaired) electrons. The van der Waals surface area contributed by atoms with Gasteiger partial charge in [-0.2, -0.15) is 0 Å². The summed E-state index contributed by atoms with van der Waals surface area (Å²) >= 11 is 0. The average Bonchev–Trinajstić information content (AvgIpc) is 2.11. The van der Waals surface area contributed by atoms with E-state index in [-0.39, 0.29) is 5.56 Å². The van der Waals surface area contributed by atoms with Crippen LogP contribution in [-0.4, -0.2) is 22.3 Å². The molecule has 106 valence electrons. The maximum absolute atomic E-state index is 13.9. The van der Waals surface area contributed by atoms with Crippen molar-refractivity contribution in [3.63, 3.8) is 0 Å². The van der Waals surface area contributed by atoms with E-state index in [1.54, 1.807) is 0 Å². The van der Waals surface area contributed by atoms with E-state index >= 15 is 0 Å². The molecule has 0 aromatic heterocycles. The highest BCUT2D eigenvalue weighted by molar-refractivity contribution is 6.78. The summed E-state index contributed by atoms with van der Waals surface area (Å²) in [6, 6.07) is 3.91. The molecule has 1 aromatic rings. The van der Waals surface area contributed by atoms with E-state index in [1.165, 1.54) is 18.2 Å². The number of rotatable bonds is 3. The minimum absolute atomic E-state index is 0.0349. The summed E-state index contributed by atoms with van der Waals surface area (Å²) in [5.74, 6) is -0.764. The molecule has 0 atom stereocenters. The second kappa shape index (κ2) is 5.54. The van der Waals surface area contributed by atoms with Gasteiger partial charge in [0.25, 0.3) is 0 Å². The molecule has 0 unspecified atom stereocenters. The maximum atomic E-state index is 13.9. The summed E-state index contributed by atoms with van der Waals surface area (Å²) in [5, 5.41) is 0. The normalized spacial score (nSPS) is 13.6. The van der Waals surface area contributed by atoms with Crippen molar-refractivity contribution in [1.82, 2.24) is 4.98 Å².